The molecule has 0 fully saturated rings. The molecule has 0 atom stereocenters. The first-order valence-corrected chi connectivity index (χ1v) is 34.8. The molecule has 7 aromatic carbocycles. The van der Waals surface area contributed by atoms with Crippen LogP contribution in [0.2, 0.25) is 0 Å². The van der Waals surface area contributed by atoms with Crippen LogP contribution in [-0.4, -0.2) is 89.7 Å². The average molecular weight is 1590 g/mol. The standard InChI is InChI=1S/C10H8.C8H7N.C7H6N2.C7H5NO.C7H5NS.C6H6.C5H4N4.2C5H5N.C4H4N2.2C4H5N.C4H4S.C3H4N2.C3H3NS.10CH4/c1-2-6-10-8-4-3-7-9(10)5-1;1-2-4-8-7(3-1)5-6-9-8;3*1-2-4-7-6(3-1)8-5-9-7;1-2-4-6-5-3-1;1-4-5(8-2-6-1)9-3-7-4;2*1-2-4-6-5-3-1;1-2-6-4-3-5-1;3*1-2-4-5-3-1;2*1-2-5-3-4-1;;;;;;;;;;/h1-8H;1-6,9H;1-5H,(H,8,9);2*1-5H;1-6H;1-3H,(H,6,7,8,9);2*1-5H;1-4H;2*1-5H;1-4H;1-3H,(H,4,5);1-3H;10*1H4. The van der Waals surface area contributed by atoms with E-state index >= 15 is 0 Å². The Kier molecular flexibility index (Phi) is 68.6. The number of nitrogens with zero attached hydrogens (tertiary/aromatic N) is 12. The molecular weight excluding hydrogens is 1470 g/mol. The summed E-state index contributed by atoms with van der Waals surface area (Å²) in [6.45, 7) is 0. The summed E-state index contributed by atoms with van der Waals surface area (Å²) in [5, 5.41) is 9.91. The van der Waals surface area contributed by atoms with Gasteiger partial charge in [0.25, 0.3) is 0 Å². The number of thiazole rings is 2. The monoisotopic (exact) mass is 1580 g/mol. The lowest BCUT2D eigenvalue weighted by Gasteiger charge is -1.92. The number of hydrogen-bond acceptors (Lipinski definition) is 16. The van der Waals surface area contributed by atoms with Crippen molar-refractivity contribution in [3.63, 3.8) is 0 Å². The fraction of sp³-hybridized carbons (Fsp3) is 0.109. The maximum absolute atomic E-state index is 5.01. The zero-order chi connectivity index (χ0) is 72.0. The lowest BCUT2D eigenvalue weighted by molar-refractivity contribution is 0.602. The van der Waals surface area contributed by atoms with Crippen LogP contribution < -0.4 is 0 Å². The molecule has 0 aliphatic carbocycles. The number of aromatic amines is 6. The van der Waals surface area contributed by atoms with Crippen molar-refractivity contribution >= 4 is 99.2 Å². The number of thiophene rings is 1. The first-order chi connectivity index (χ1) is 51.8. The Labute approximate surface area is 688 Å². The Morgan fingerprint density at radius 2 is 0.746 bits per heavy atom. The smallest absolute Gasteiger partial charge is 0.181 e. The Morgan fingerprint density at radius 1 is 0.263 bits per heavy atom. The van der Waals surface area contributed by atoms with E-state index in [-0.39, 0.29) is 74.3 Å². The van der Waals surface area contributed by atoms with Crippen molar-refractivity contribution < 1.29 is 4.42 Å². The highest BCUT2D eigenvalue weighted by atomic mass is 32.1. The second-order valence-corrected chi connectivity index (χ2v) is 22.2. The van der Waals surface area contributed by atoms with Crippen LogP contribution in [0.5, 0.6) is 0 Å². The molecule has 0 radical (unpaired) electrons. The molecule has 0 saturated heterocycles. The first-order valence-electron chi connectivity index (χ1n) is 32.1. The summed E-state index contributed by atoms with van der Waals surface area (Å²) >= 11 is 4.99. The zero-order valence-electron chi connectivity index (χ0n) is 56.4. The molecule has 0 aliphatic rings. The lowest BCUT2D eigenvalue weighted by Crippen LogP contribution is -1.76. The van der Waals surface area contributed by atoms with Crippen molar-refractivity contribution in [1.29, 1.82) is 0 Å². The van der Waals surface area contributed by atoms with E-state index in [1.54, 1.807) is 133 Å². The average Bonchev–Trinajstić information content (AvgIpc) is 1.83. The fourth-order valence-corrected chi connectivity index (χ4v) is 9.23. The third-order valence-corrected chi connectivity index (χ3v) is 14.4. The summed E-state index contributed by atoms with van der Waals surface area (Å²) in [5.74, 6) is 0. The molecule has 114 heavy (non-hydrogen) atoms. The Morgan fingerprint density at radius 3 is 1.15 bits per heavy atom. The van der Waals surface area contributed by atoms with Gasteiger partial charge in [-0.2, -0.15) is 11.3 Å². The molecule has 21 aromatic rings. The molecule has 0 aliphatic heterocycles. The zero-order valence-corrected chi connectivity index (χ0v) is 58.9. The molecule has 21 rings (SSSR count). The molecule has 0 amide bonds. The summed E-state index contributed by atoms with van der Waals surface area (Å²) in [6, 6.07) is 86.0. The topological polar surface area (TPSA) is 263 Å². The number of benzene rings is 7. The van der Waals surface area contributed by atoms with Gasteiger partial charge < -0.3 is 34.3 Å². The predicted octanol–water partition coefficient (Wildman–Crippen LogP) is 27.1. The highest BCUT2D eigenvalue weighted by Crippen LogP contribution is 2.16. The number of rotatable bonds is 0. The summed E-state index contributed by atoms with van der Waals surface area (Å²) in [5.41, 5.74) is 11.4. The van der Waals surface area contributed by atoms with Gasteiger partial charge in [-0.1, -0.05) is 238 Å². The van der Waals surface area contributed by atoms with Crippen LogP contribution in [-0.2, 0) is 0 Å². The Bertz CT molecular complexity index is 4140. The quantitative estimate of drug-likeness (QED) is 0.0826. The fourth-order valence-electron chi connectivity index (χ4n) is 7.74. The van der Waals surface area contributed by atoms with Gasteiger partial charge in [0.2, 0.25) is 0 Å². The van der Waals surface area contributed by atoms with Crippen LogP contribution in [0.4, 0.5) is 0 Å². The van der Waals surface area contributed by atoms with Crippen LogP contribution in [0.25, 0.3) is 65.2 Å². The molecular formula is C92H116N18OS3. The van der Waals surface area contributed by atoms with E-state index in [1.807, 2.05) is 241 Å². The van der Waals surface area contributed by atoms with Gasteiger partial charge in [0, 0.05) is 110 Å². The third-order valence-electron chi connectivity index (χ3n) is 12.5. The van der Waals surface area contributed by atoms with Crippen molar-refractivity contribution in [2.75, 3.05) is 0 Å². The summed E-state index contributed by atoms with van der Waals surface area (Å²) < 4.78 is 6.27. The van der Waals surface area contributed by atoms with Crippen LogP contribution in [0.3, 0.4) is 0 Å². The number of H-pyrrole nitrogens is 6. The molecule has 0 unspecified atom stereocenters. The number of nitrogens with one attached hydrogen (secondary N) is 6. The second kappa shape index (κ2) is 73.4. The molecule has 19 nitrogen and oxygen atoms in total. The number of fused-ring (bicyclic) bond motifs is 6. The number of imidazole rings is 3. The minimum Gasteiger partial charge on any atom is -0.443 e. The summed E-state index contributed by atoms with van der Waals surface area (Å²) in [4.78, 5) is 63.7. The van der Waals surface area contributed by atoms with Crippen molar-refractivity contribution in [2.24, 2.45) is 0 Å². The van der Waals surface area contributed by atoms with Crippen LogP contribution >= 0.6 is 34.0 Å². The Balaban J connectivity index is -0.000000568. The SMILES string of the molecule is C.C.C.C.C.C.C.C.C.C.c1c[nH]cn1.c1cc[nH]c1.c1cc[nH]c1.c1ccc2[nH]ccc2c1.c1ccc2[nH]cnc2c1.c1ccc2ccccc2c1.c1ccc2ocnc2c1.c1ccc2scnc2c1.c1ccccc1.c1ccncc1.c1ccncc1.c1ccsc1.c1cnccn1.c1cscn1.c1ncc2[nH]cnc2n1. The molecule has 6 N–H and O–H groups in total. The molecule has 0 spiro atoms. The van der Waals surface area contributed by atoms with Crippen LogP contribution in [0.15, 0.2) is 429 Å². The minimum absolute atomic E-state index is 0. The highest BCUT2D eigenvalue weighted by Gasteiger charge is 1.94. The van der Waals surface area contributed by atoms with E-state index in [2.05, 4.69) is 163 Å². The van der Waals surface area contributed by atoms with Gasteiger partial charge in [-0.3, -0.25) is 24.9 Å². The van der Waals surface area contributed by atoms with Gasteiger partial charge in [0.1, 0.15) is 17.4 Å². The van der Waals surface area contributed by atoms with E-state index in [4.69, 9.17) is 4.42 Å². The molecule has 14 aromatic heterocycles. The van der Waals surface area contributed by atoms with Crippen molar-refractivity contribution in [3.8, 4) is 0 Å². The maximum atomic E-state index is 5.01. The van der Waals surface area contributed by atoms with Crippen LogP contribution in [0.1, 0.15) is 74.3 Å². The predicted molar refractivity (Wildman–Crippen MR) is 495 cm³/mol. The van der Waals surface area contributed by atoms with Gasteiger partial charge in [0.05, 0.1) is 57.4 Å². The maximum Gasteiger partial charge on any atom is 0.181 e. The number of oxazole rings is 1. The van der Waals surface area contributed by atoms with Crippen molar-refractivity contribution in [3.05, 3.63) is 425 Å². The minimum atomic E-state index is 0. The molecule has 598 valence electrons. The largest absolute Gasteiger partial charge is 0.443 e. The highest BCUT2D eigenvalue weighted by molar-refractivity contribution is 7.16. The number of pyridine rings is 2. The van der Waals surface area contributed by atoms with E-state index in [9.17, 15) is 0 Å². The van der Waals surface area contributed by atoms with E-state index in [0.29, 0.717) is 5.65 Å². The van der Waals surface area contributed by atoms with Crippen molar-refractivity contribution in [1.82, 2.24) is 89.7 Å². The van der Waals surface area contributed by atoms with E-state index in [1.165, 1.54) is 39.1 Å². The van der Waals surface area contributed by atoms with Crippen LogP contribution in [0, 0.1) is 0 Å². The summed E-state index contributed by atoms with van der Waals surface area (Å²) in [6.07, 6.45) is 37.8. The van der Waals surface area contributed by atoms with Gasteiger partial charge in [0.15, 0.2) is 17.6 Å². The Hall–Kier alpha value is -13.8. The van der Waals surface area contributed by atoms with Gasteiger partial charge in [-0.15, -0.1) is 22.7 Å². The molecule has 14 heterocycles. The second-order valence-electron chi connectivity index (χ2n) is 19.7. The number of aromatic nitrogens is 18. The van der Waals surface area contributed by atoms with Gasteiger partial charge in [-0.05, 0) is 124 Å². The number of para-hydroxylation sites is 6. The van der Waals surface area contributed by atoms with Crippen molar-refractivity contribution in [2.45, 2.75) is 74.3 Å². The van der Waals surface area contributed by atoms with Gasteiger partial charge in [-0.25, -0.2) is 34.9 Å². The third kappa shape index (κ3) is 48.6. The molecule has 22 heteroatoms. The van der Waals surface area contributed by atoms with E-state index in [0.717, 1.165) is 33.2 Å². The molecule has 0 saturated carbocycles. The number of hydrogen-bond donors (Lipinski definition) is 6. The van der Waals surface area contributed by atoms with Gasteiger partial charge >= 0.3 is 0 Å². The van der Waals surface area contributed by atoms with E-state index < -0.39 is 0 Å². The lowest BCUT2D eigenvalue weighted by atomic mass is 10.1. The summed E-state index contributed by atoms with van der Waals surface area (Å²) in [7, 11) is 0. The normalized spacial score (nSPS) is 8.35. The first kappa shape index (κ1) is 107. The molecule has 0 bridgehead atoms.